The van der Waals surface area contributed by atoms with E-state index in [-0.39, 0.29) is 18.3 Å². The molecule has 0 aromatic heterocycles. The van der Waals surface area contributed by atoms with Crippen LogP contribution in [0.2, 0.25) is 0 Å². The zero-order valence-corrected chi connectivity index (χ0v) is 13.5. The Morgan fingerprint density at radius 3 is 2.67 bits per heavy atom. The molecule has 0 unspecified atom stereocenters. The molecule has 0 aliphatic rings. The SMILES string of the molecule is CCNCc1ccccc1NC(=O)CCOCCOC.Cl. The van der Waals surface area contributed by atoms with Crippen LogP contribution in [-0.4, -0.2) is 39.4 Å². The highest BCUT2D eigenvalue weighted by molar-refractivity contribution is 5.91. The molecular formula is C15H25ClN2O3. The molecule has 5 nitrogen and oxygen atoms in total. The lowest BCUT2D eigenvalue weighted by Crippen LogP contribution is -2.18. The van der Waals surface area contributed by atoms with Gasteiger partial charge in [-0.2, -0.15) is 0 Å². The van der Waals surface area contributed by atoms with E-state index in [1.165, 1.54) is 0 Å². The van der Waals surface area contributed by atoms with Gasteiger partial charge in [0.2, 0.25) is 5.91 Å². The predicted molar refractivity (Wildman–Crippen MR) is 87.0 cm³/mol. The van der Waals surface area contributed by atoms with Gasteiger partial charge in [-0.3, -0.25) is 4.79 Å². The van der Waals surface area contributed by atoms with Crippen LogP contribution in [-0.2, 0) is 20.8 Å². The van der Waals surface area contributed by atoms with Gasteiger partial charge in [0.05, 0.1) is 26.2 Å². The largest absolute Gasteiger partial charge is 0.382 e. The standard InChI is InChI=1S/C15H24N2O3.ClH/c1-3-16-12-13-6-4-5-7-14(13)17-15(18)8-9-20-11-10-19-2;/h4-7,16H,3,8-12H2,1-2H3,(H,17,18);1H. The normalized spacial score (nSPS) is 10.0. The summed E-state index contributed by atoms with van der Waals surface area (Å²) in [4.78, 5) is 11.8. The highest BCUT2D eigenvalue weighted by atomic mass is 35.5. The van der Waals surface area contributed by atoms with Crippen molar-refractivity contribution in [1.29, 1.82) is 0 Å². The highest BCUT2D eigenvalue weighted by Crippen LogP contribution is 2.14. The van der Waals surface area contributed by atoms with E-state index in [1.54, 1.807) is 7.11 Å². The summed E-state index contributed by atoms with van der Waals surface area (Å²) in [6, 6.07) is 7.81. The van der Waals surface area contributed by atoms with Crippen molar-refractivity contribution in [2.24, 2.45) is 0 Å². The number of para-hydroxylation sites is 1. The molecule has 0 aliphatic carbocycles. The van der Waals surface area contributed by atoms with E-state index < -0.39 is 0 Å². The van der Waals surface area contributed by atoms with Crippen LogP contribution in [0.15, 0.2) is 24.3 Å². The first-order chi connectivity index (χ1) is 9.77. The lowest BCUT2D eigenvalue weighted by Gasteiger charge is -2.11. The van der Waals surface area contributed by atoms with E-state index in [0.717, 1.165) is 24.3 Å². The maximum Gasteiger partial charge on any atom is 0.226 e. The van der Waals surface area contributed by atoms with Gasteiger partial charge in [0.25, 0.3) is 0 Å². The molecule has 1 amide bonds. The number of ether oxygens (including phenoxy) is 2. The lowest BCUT2D eigenvalue weighted by molar-refractivity contribution is -0.117. The van der Waals surface area contributed by atoms with Gasteiger partial charge in [0.15, 0.2) is 0 Å². The second-order valence-corrected chi connectivity index (χ2v) is 4.34. The Hall–Kier alpha value is -1.14. The van der Waals surface area contributed by atoms with Gasteiger partial charge in [-0.25, -0.2) is 0 Å². The summed E-state index contributed by atoms with van der Waals surface area (Å²) in [5, 5.41) is 6.17. The van der Waals surface area contributed by atoms with Crippen molar-refractivity contribution in [2.75, 3.05) is 38.8 Å². The van der Waals surface area contributed by atoms with E-state index in [0.29, 0.717) is 26.2 Å². The van der Waals surface area contributed by atoms with Crippen molar-refractivity contribution in [3.8, 4) is 0 Å². The monoisotopic (exact) mass is 316 g/mol. The minimum atomic E-state index is -0.0358. The third-order valence-corrected chi connectivity index (χ3v) is 2.76. The molecular weight excluding hydrogens is 292 g/mol. The molecule has 2 N–H and O–H groups in total. The molecule has 0 spiro atoms. The quantitative estimate of drug-likeness (QED) is 0.650. The first-order valence-corrected chi connectivity index (χ1v) is 6.93. The van der Waals surface area contributed by atoms with Crippen LogP contribution in [0.1, 0.15) is 18.9 Å². The third-order valence-electron chi connectivity index (χ3n) is 2.76. The number of methoxy groups -OCH3 is 1. The smallest absolute Gasteiger partial charge is 0.226 e. The number of benzene rings is 1. The van der Waals surface area contributed by atoms with Crippen LogP contribution in [0.4, 0.5) is 5.69 Å². The van der Waals surface area contributed by atoms with Gasteiger partial charge in [-0.05, 0) is 18.2 Å². The Morgan fingerprint density at radius 1 is 1.19 bits per heavy atom. The van der Waals surface area contributed by atoms with Crippen molar-refractivity contribution in [1.82, 2.24) is 5.32 Å². The molecule has 6 heteroatoms. The average Bonchev–Trinajstić information content (AvgIpc) is 2.46. The molecule has 0 fully saturated rings. The zero-order valence-electron chi connectivity index (χ0n) is 12.7. The number of carbonyl (C=O) groups excluding carboxylic acids is 1. The first-order valence-electron chi connectivity index (χ1n) is 6.93. The van der Waals surface area contributed by atoms with E-state index in [9.17, 15) is 4.79 Å². The zero-order chi connectivity index (χ0) is 14.6. The maximum atomic E-state index is 11.8. The Morgan fingerprint density at radius 2 is 1.95 bits per heavy atom. The second kappa shape index (κ2) is 12.6. The Balaban J connectivity index is 0.00000400. The maximum absolute atomic E-state index is 11.8. The molecule has 0 aliphatic heterocycles. The average molecular weight is 317 g/mol. The molecule has 21 heavy (non-hydrogen) atoms. The molecule has 1 rings (SSSR count). The highest BCUT2D eigenvalue weighted by Gasteiger charge is 2.06. The molecule has 1 aromatic carbocycles. The third kappa shape index (κ3) is 8.67. The summed E-state index contributed by atoms with van der Waals surface area (Å²) in [6.07, 6.45) is 0.346. The van der Waals surface area contributed by atoms with Crippen molar-refractivity contribution in [3.05, 3.63) is 29.8 Å². The Bertz CT molecular complexity index is 402. The van der Waals surface area contributed by atoms with Gasteiger partial charge in [0, 0.05) is 19.3 Å². The number of nitrogens with one attached hydrogen (secondary N) is 2. The van der Waals surface area contributed by atoms with Gasteiger partial charge in [-0.15, -0.1) is 12.4 Å². The molecule has 0 bridgehead atoms. The van der Waals surface area contributed by atoms with E-state index in [1.807, 2.05) is 24.3 Å². The van der Waals surface area contributed by atoms with Crippen molar-refractivity contribution in [3.63, 3.8) is 0 Å². The van der Waals surface area contributed by atoms with Crippen LogP contribution in [0, 0.1) is 0 Å². The summed E-state index contributed by atoms with van der Waals surface area (Å²) in [5.41, 5.74) is 1.94. The van der Waals surface area contributed by atoms with Crippen LogP contribution >= 0.6 is 12.4 Å². The van der Waals surface area contributed by atoms with E-state index >= 15 is 0 Å². The number of amides is 1. The van der Waals surface area contributed by atoms with Crippen LogP contribution in [0.25, 0.3) is 0 Å². The summed E-state index contributed by atoms with van der Waals surface area (Å²) in [6.45, 7) is 5.17. The molecule has 0 radical (unpaired) electrons. The number of hydrogen-bond donors (Lipinski definition) is 2. The summed E-state index contributed by atoms with van der Waals surface area (Å²) >= 11 is 0. The van der Waals surface area contributed by atoms with Gasteiger partial charge < -0.3 is 20.1 Å². The van der Waals surface area contributed by atoms with Crippen LogP contribution in [0.3, 0.4) is 0 Å². The predicted octanol–water partition coefficient (Wildman–Crippen LogP) is 2.21. The van der Waals surface area contributed by atoms with Crippen LogP contribution < -0.4 is 10.6 Å². The molecule has 120 valence electrons. The summed E-state index contributed by atoms with van der Waals surface area (Å²) in [5.74, 6) is -0.0358. The van der Waals surface area contributed by atoms with Gasteiger partial charge in [0.1, 0.15) is 0 Å². The molecule has 0 atom stereocenters. The summed E-state index contributed by atoms with van der Waals surface area (Å²) in [7, 11) is 1.62. The molecule has 0 saturated heterocycles. The number of carbonyl (C=O) groups is 1. The molecule has 0 saturated carbocycles. The van der Waals surface area contributed by atoms with Gasteiger partial charge in [-0.1, -0.05) is 25.1 Å². The topological polar surface area (TPSA) is 59.6 Å². The van der Waals surface area contributed by atoms with Crippen LogP contribution in [0.5, 0.6) is 0 Å². The van der Waals surface area contributed by atoms with Gasteiger partial charge >= 0.3 is 0 Å². The Labute approximate surface area is 132 Å². The molecule has 0 heterocycles. The number of hydrogen-bond acceptors (Lipinski definition) is 4. The molecule has 1 aromatic rings. The fourth-order valence-electron chi connectivity index (χ4n) is 1.68. The van der Waals surface area contributed by atoms with Crippen molar-refractivity contribution >= 4 is 24.0 Å². The van der Waals surface area contributed by atoms with Crippen molar-refractivity contribution in [2.45, 2.75) is 19.9 Å². The fourth-order valence-corrected chi connectivity index (χ4v) is 1.68. The van der Waals surface area contributed by atoms with E-state index in [2.05, 4.69) is 17.6 Å². The Kier molecular flexibility index (Phi) is 11.9. The van der Waals surface area contributed by atoms with Crippen molar-refractivity contribution < 1.29 is 14.3 Å². The number of halogens is 1. The summed E-state index contributed by atoms with van der Waals surface area (Å²) < 4.78 is 10.1. The minimum absolute atomic E-state index is 0. The number of rotatable bonds is 10. The number of anilines is 1. The minimum Gasteiger partial charge on any atom is -0.382 e. The second-order valence-electron chi connectivity index (χ2n) is 4.34. The first kappa shape index (κ1) is 19.9. The lowest BCUT2D eigenvalue weighted by atomic mass is 10.1. The van der Waals surface area contributed by atoms with E-state index in [4.69, 9.17) is 9.47 Å². The fraction of sp³-hybridized carbons (Fsp3) is 0.533.